The molecule has 1 atom stereocenters. The van der Waals surface area contributed by atoms with E-state index in [0.717, 1.165) is 24.2 Å². The number of rotatable bonds is 6. The maximum Gasteiger partial charge on any atom is 0.309 e. The van der Waals surface area contributed by atoms with E-state index in [4.69, 9.17) is 9.47 Å². The quantitative estimate of drug-likeness (QED) is 0.712. The molecule has 0 radical (unpaired) electrons. The number of carbonyl (C=O) groups excluding carboxylic acids is 1. The minimum absolute atomic E-state index is 0.0525. The minimum Gasteiger partial charge on any atom is -0.497 e. The lowest BCUT2D eigenvalue weighted by Crippen LogP contribution is -2.19. The molecule has 0 N–H and O–H groups in total. The van der Waals surface area contributed by atoms with Crippen LogP contribution in [0.3, 0.4) is 0 Å². The van der Waals surface area contributed by atoms with Gasteiger partial charge >= 0.3 is 5.97 Å². The molecule has 3 nitrogen and oxygen atoms in total. The van der Waals surface area contributed by atoms with Crippen LogP contribution < -0.4 is 4.74 Å². The zero-order chi connectivity index (χ0) is 12.7. The highest BCUT2D eigenvalue weighted by Gasteiger charge is 2.17. The van der Waals surface area contributed by atoms with Gasteiger partial charge in [-0.05, 0) is 37.5 Å². The molecule has 1 aromatic carbocycles. The lowest BCUT2D eigenvalue weighted by molar-refractivity contribution is -0.148. The number of benzene rings is 1. The van der Waals surface area contributed by atoms with Crippen molar-refractivity contribution in [2.75, 3.05) is 13.7 Å². The third-order valence-corrected chi connectivity index (χ3v) is 2.75. The molecule has 0 saturated heterocycles. The molecule has 0 amide bonds. The van der Waals surface area contributed by atoms with E-state index in [1.807, 2.05) is 38.1 Å². The van der Waals surface area contributed by atoms with Gasteiger partial charge in [-0.1, -0.05) is 19.1 Å². The summed E-state index contributed by atoms with van der Waals surface area (Å²) in [6.07, 6.45) is 1.52. The Kier molecular flexibility index (Phi) is 5.53. The second-order valence-corrected chi connectivity index (χ2v) is 3.91. The van der Waals surface area contributed by atoms with Crippen molar-refractivity contribution < 1.29 is 14.3 Å². The lowest BCUT2D eigenvalue weighted by Gasteiger charge is -2.13. The number of methoxy groups -OCH3 is 1. The summed E-state index contributed by atoms with van der Waals surface area (Å²) in [5.74, 6) is 0.673. The zero-order valence-electron chi connectivity index (χ0n) is 10.7. The lowest BCUT2D eigenvalue weighted by atomic mass is 9.97. The molecule has 0 aliphatic carbocycles. The predicted octanol–water partition coefficient (Wildman–Crippen LogP) is 2.83. The van der Waals surface area contributed by atoms with Crippen molar-refractivity contribution in [3.8, 4) is 5.75 Å². The van der Waals surface area contributed by atoms with Crippen LogP contribution in [0, 0.1) is 5.92 Å². The molecular formula is C14H20O3. The van der Waals surface area contributed by atoms with Crippen molar-refractivity contribution in [2.45, 2.75) is 26.7 Å². The van der Waals surface area contributed by atoms with Gasteiger partial charge < -0.3 is 9.47 Å². The molecule has 0 saturated carbocycles. The van der Waals surface area contributed by atoms with Crippen molar-refractivity contribution in [2.24, 2.45) is 5.92 Å². The van der Waals surface area contributed by atoms with E-state index >= 15 is 0 Å². The second kappa shape index (κ2) is 6.94. The Bertz CT molecular complexity index is 343. The van der Waals surface area contributed by atoms with E-state index < -0.39 is 0 Å². The van der Waals surface area contributed by atoms with Gasteiger partial charge in [0.05, 0.1) is 19.6 Å². The first-order valence-corrected chi connectivity index (χ1v) is 6.00. The third-order valence-electron chi connectivity index (χ3n) is 2.75. The van der Waals surface area contributed by atoms with Crippen molar-refractivity contribution in [1.82, 2.24) is 0 Å². The fourth-order valence-corrected chi connectivity index (χ4v) is 1.70. The molecule has 0 fully saturated rings. The number of hydrogen-bond acceptors (Lipinski definition) is 3. The molecule has 3 heteroatoms. The number of hydrogen-bond donors (Lipinski definition) is 0. The highest BCUT2D eigenvalue weighted by molar-refractivity contribution is 5.72. The number of esters is 1. The Labute approximate surface area is 103 Å². The van der Waals surface area contributed by atoms with E-state index in [1.165, 1.54) is 0 Å². The second-order valence-electron chi connectivity index (χ2n) is 3.91. The first kappa shape index (κ1) is 13.6. The van der Waals surface area contributed by atoms with Crippen LogP contribution >= 0.6 is 0 Å². The molecule has 0 bridgehead atoms. The highest BCUT2D eigenvalue weighted by Crippen LogP contribution is 2.17. The maximum atomic E-state index is 11.7. The van der Waals surface area contributed by atoms with Crippen LogP contribution in [0.2, 0.25) is 0 Å². The third kappa shape index (κ3) is 4.10. The molecule has 1 aromatic rings. The van der Waals surface area contributed by atoms with Gasteiger partial charge in [0.15, 0.2) is 0 Å². The van der Waals surface area contributed by atoms with Gasteiger partial charge in [0.2, 0.25) is 0 Å². The van der Waals surface area contributed by atoms with E-state index in [9.17, 15) is 4.79 Å². The Morgan fingerprint density at radius 3 is 2.35 bits per heavy atom. The fraction of sp³-hybridized carbons (Fsp3) is 0.500. The van der Waals surface area contributed by atoms with E-state index in [-0.39, 0.29) is 11.9 Å². The van der Waals surface area contributed by atoms with Crippen LogP contribution in [0.25, 0.3) is 0 Å². The van der Waals surface area contributed by atoms with Gasteiger partial charge in [0, 0.05) is 0 Å². The first-order chi connectivity index (χ1) is 8.21. The van der Waals surface area contributed by atoms with Crippen LogP contribution in [-0.2, 0) is 16.0 Å². The van der Waals surface area contributed by atoms with E-state index in [2.05, 4.69) is 0 Å². The number of ether oxygens (including phenoxy) is 2. The summed E-state index contributed by atoms with van der Waals surface area (Å²) in [7, 11) is 1.64. The Hall–Kier alpha value is -1.51. The summed E-state index contributed by atoms with van der Waals surface area (Å²) in [5, 5.41) is 0. The number of carbonyl (C=O) groups is 1. The summed E-state index contributed by atoms with van der Waals surface area (Å²) < 4.78 is 10.1. The SMILES string of the molecule is CCOC(=O)[C@@H](CC)Cc1ccc(OC)cc1. The molecule has 0 aromatic heterocycles. The van der Waals surface area contributed by atoms with Crippen LogP contribution in [0.1, 0.15) is 25.8 Å². The van der Waals surface area contributed by atoms with Gasteiger partial charge in [0.1, 0.15) is 5.75 Å². The average Bonchev–Trinajstić information content (AvgIpc) is 2.37. The topological polar surface area (TPSA) is 35.5 Å². The summed E-state index contributed by atoms with van der Waals surface area (Å²) in [6.45, 7) is 4.28. The van der Waals surface area contributed by atoms with Crippen LogP contribution in [0.15, 0.2) is 24.3 Å². The fourth-order valence-electron chi connectivity index (χ4n) is 1.70. The van der Waals surface area contributed by atoms with Crippen molar-refractivity contribution >= 4 is 5.97 Å². The molecule has 0 aliphatic heterocycles. The monoisotopic (exact) mass is 236 g/mol. The van der Waals surface area contributed by atoms with Crippen LogP contribution in [0.4, 0.5) is 0 Å². The first-order valence-electron chi connectivity index (χ1n) is 6.00. The average molecular weight is 236 g/mol. The van der Waals surface area contributed by atoms with Gasteiger partial charge in [-0.3, -0.25) is 4.79 Å². The van der Waals surface area contributed by atoms with Crippen LogP contribution in [-0.4, -0.2) is 19.7 Å². The Morgan fingerprint density at radius 2 is 1.88 bits per heavy atom. The molecule has 0 unspecified atom stereocenters. The van der Waals surface area contributed by atoms with Gasteiger partial charge in [0.25, 0.3) is 0 Å². The summed E-state index contributed by atoms with van der Waals surface area (Å²) in [6, 6.07) is 7.79. The molecule has 17 heavy (non-hydrogen) atoms. The molecule has 0 heterocycles. The molecule has 94 valence electrons. The molecule has 1 rings (SSSR count). The standard InChI is InChI=1S/C14H20O3/c1-4-12(14(15)17-5-2)10-11-6-8-13(16-3)9-7-11/h6-9,12H,4-5,10H2,1-3H3/t12-/m0/s1. The summed E-state index contributed by atoms with van der Waals surface area (Å²) in [5.41, 5.74) is 1.13. The van der Waals surface area contributed by atoms with Gasteiger partial charge in [-0.2, -0.15) is 0 Å². The smallest absolute Gasteiger partial charge is 0.309 e. The molecule has 0 aliphatic rings. The largest absolute Gasteiger partial charge is 0.497 e. The predicted molar refractivity (Wildman–Crippen MR) is 67.1 cm³/mol. The normalized spacial score (nSPS) is 11.9. The zero-order valence-corrected chi connectivity index (χ0v) is 10.7. The Morgan fingerprint density at radius 1 is 1.24 bits per heavy atom. The van der Waals surface area contributed by atoms with Crippen LogP contribution in [0.5, 0.6) is 5.75 Å². The van der Waals surface area contributed by atoms with Crippen molar-refractivity contribution in [3.05, 3.63) is 29.8 Å². The van der Waals surface area contributed by atoms with Gasteiger partial charge in [-0.25, -0.2) is 0 Å². The summed E-state index contributed by atoms with van der Waals surface area (Å²) >= 11 is 0. The minimum atomic E-state index is -0.106. The highest BCUT2D eigenvalue weighted by atomic mass is 16.5. The van der Waals surface area contributed by atoms with Crippen molar-refractivity contribution in [1.29, 1.82) is 0 Å². The summed E-state index contributed by atoms with van der Waals surface area (Å²) in [4.78, 5) is 11.7. The Balaban J connectivity index is 2.63. The van der Waals surface area contributed by atoms with E-state index in [1.54, 1.807) is 7.11 Å². The van der Waals surface area contributed by atoms with E-state index in [0.29, 0.717) is 6.61 Å². The van der Waals surface area contributed by atoms with Crippen molar-refractivity contribution in [3.63, 3.8) is 0 Å². The molecular weight excluding hydrogens is 216 g/mol. The maximum absolute atomic E-state index is 11.7. The van der Waals surface area contributed by atoms with Gasteiger partial charge in [-0.15, -0.1) is 0 Å². The molecule has 0 spiro atoms.